The predicted octanol–water partition coefficient (Wildman–Crippen LogP) is 1.96. The topological polar surface area (TPSA) is 66.8 Å². The first-order chi connectivity index (χ1) is 9.01. The van der Waals surface area contributed by atoms with Crippen molar-refractivity contribution < 1.29 is 19.4 Å². The summed E-state index contributed by atoms with van der Waals surface area (Å²) in [5.74, 6) is -0.482. The lowest BCUT2D eigenvalue weighted by molar-refractivity contribution is -0.149. The third-order valence-corrected chi connectivity index (χ3v) is 4.72. The Morgan fingerprint density at radius 3 is 2.74 bits per heavy atom. The minimum Gasteiger partial charge on any atom is -0.480 e. The number of amides is 1. The molecular formula is C13H23NO4S. The predicted molar refractivity (Wildman–Crippen MR) is 75.1 cm³/mol. The monoisotopic (exact) mass is 289 g/mol. The minimum atomic E-state index is -0.903. The van der Waals surface area contributed by atoms with Gasteiger partial charge in [0.05, 0.1) is 11.5 Å². The highest BCUT2D eigenvalue weighted by Gasteiger charge is 2.40. The van der Waals surface area contributed by atoms with Crippen molar-refractivity contribution in [1.29, 1.82) is 0 Å². The summed E-state index contributed by atoms with van der Waals surface area (Å²) in [7, 11) is 1.61. The normalized spacial score (nSPS) is 24.5. The van der Waals surface area contributed by atoms with Gasteiger partial charge in [-0.15, -0.1) is 11.8 Å². The lowest BCUT2D eigenvalue weighted by Gasteiger charge is -2.27. The van der Waals surface area contributed by atoms with Gasteiger partial charge in [0.15, 0.2) is 0 Å². The average Bonchev–Trinajstić information content (AvgIpc) is 2.80. The molecule has 0 aliphatic carbocycles. The molecule has 1 aliphatic heterocycles. The highest BCUT2D eigenvalue weighted by Crippen LogP contribution is 2.33. The lowest BCUT2D eigenvalue weighted by atomic mass is 10.1. The Balaban J connectivity index is 2.66. The Bertz CT molecular complexity index is 324. The first kappa shape index (κ1) is 16.3. The minimum absolute atomic E-state index is 0.0106. The molecule has 1 heterocycles. The molecule has 1 rings (SSSR count). The molecule has 3 atom stereocenters. The number of hydrogen-bond acceptors (Lipinski definition) is 4. The maximum Gasteiger partial charge on any atom is 0.327 e. The van der Waals surface area contributed by atoms with E-state index in [1.165, 1.54) is 0 Å². The zero-order valence-corrected chi connectivity index (χ0v) is 12.6. The van der Waals surface area contributed by atoms with Gasteiger partial charge >= 0.3 is 5.97 Å². The van der Waals surface area contributed by atoms with E-state index in [1.54, 1.807) is 23.8 Å². The zero-order valence-electron chi connectivity index (χ0n) is 11.8. The Labute approximate surface area is 118 Å². The van der Waals surface area contributed by atoms with E-state index in [0.717, 1.165) is 12.8 Å². The van der Waals surface area contributed by atoms with Gasteiger partial charge in [0, 0.05) is 19.3 Å². The first-order valence-electron chi connectivity index (χ1n) is 6.69. The number of aliphatic carboxylic acids is 1. The second-order valence-corrected chi connectivity index (χ2v) is 6.03. The molecule has 0 spiro atoms. The van der Waals surface area contributed by atoms with E-state index < -0.39 is 12.0 Å². The third-order valence-electron chi connectivity index (χ3n) is 3.37. The summed E-state index contributed by atoms with van der Waals surface area (Å²) in [6, 6.07) is -0.674. The average molecular weight is 289 g/mol. The standard InChI is InChI=1S/C13H23NO4S/c1-4-5-12-14(10(8-19-12)13(16)17)11(15)7-6-9(2)18-3/h9-10,12H,4-8H2,1-3H3,(H,16,17). The fraction of sp³-hybridized carbons (Fsp3) is 0.846. The summed E-state index contributed by atoms with van der Waals surface area (Å²) in [6.45, 7) is 3.95. The molecule has 0 aromatic rings. The third kappa shape index (κ3) is 4.38. The summed E-state index contributed by atoms with van der Waals surface area (Å²) >= 11 is 1.57. The maximum atomic E-state index is 12.3. The molecule has 1 fully saturated rings. The van der Waals surface area contributed by atoms with Gasteiger partial charge in [-0.05, 0) is 19.8 Å². The molecule has 0 bridgehead atoms. The second-order valence-electron chi connectivity index (χ2n) is 4.82. The number of hydrogen-bond donors (Lipinski definition) is 1. The lowest BCUT2D eigenvalue weighted by Crippen LogP contribution is -2.45. The number of nitrogens with zero attached hydrogens (tertiary/aromatic N) is 1. The summed E-state index contributed by atoms with van der Waals surface area (Å²) < 4.78 is 5.12. The van der Waals surface area contributed by atoms with Crippen LogP contribution in [0.4, 0.5) is 0 Å². The van der Waals surface area contributed by atoms with Gasteiger partial charge in [0.1, 0.15) is 6.04 Å². The Morgan fingerprint density at radius 2 is 2.21 bits per heavy atom. The van der Waals surface area contributed by atoms with E-state index in [9.17, 15) is 14.7 Å². The van der Waals surface area contributed by atoms with Crippen LogP contribution in [0.2, 0.25) is 0 Å². The molecule has 3 unspecified atom stereocenters. The molecule has 1 aliphatic rings. The van der Waals surface area contributed by atoms with Crippen LogP contribution in [0, 0.1) is 0 Å². The van der Waals surface area contributed by atoms with Crippen molar-refractivity contribution in [3.63, 3.8) is 0 Å². The summed E-state index contributed by atoms with van der Waals surface area (Å²) in [4.78, 5) is 25.1. The molecule has 1 saturated heterocycles. The summed E-state index contributed by atoms with van der Waals surface area (Å²) in [5.41, 5.74) is 0. The van der Waals surface area contributed by atoms with Crippen LogP contribution in [0.15, 0.2) is 0 Å². The zero-order chi connectivity index (χ0) is 14.4. The van der Waals surface area contributed by atoms with Gasteiger partial charge in [-0.2, -0.15) is 0 Å². The second kappa shape index (κ2) is 7.75. The van der Waals surface area contributed by atoms with Crippen LogP contribution in [0.1, 0.15) is 39.5 Å². The van der Waals surface area contributed by atoms with E-state index in [-0.39, 0.29) is 17.4 Å². The van der Waals surface area contributed by atoms with Crippen molar-refractivity contribution in [2.24, 2.45) is 0 Å². The smallest absolute Gasteiger partial charge is 0.327 e. The van der Waals surface area contributed by atoms with Gasteiger partial charge in [0.25, 0.3) is 0 Å². The van der Waals surface area contributed by atoms with Gasteiger partial charge in [0.2, 0.25) is 5.91 Å². The number of thioether (sulfide) groups is 1. The van der Waals surface area contributed by atoms with Crippen LogP contribution in [0.3, 0.4) is 0 Å². The molecule has 0 aromatic carbocycles. The van der Waals surface area contributed by atoms with Crippen molar-refractivity contribution in [3.8, 4) is 0 Å². The number of rotatable bonds is 7. The van der Waals surface area contributed by atoms with Crippen LogP contribution in [-0.2, 0) is 14.3 Å². The maximum absolute atomic E-state index is 12.3. The first-order valence-corrected chi connectivity index (χ1v) is 7.74. The van der Waals surface area contributed by atoms with Crippen molar-refractivity contribution in [2.75, 3.05) is 12.9 Å². The largest absolute Gasteiger partial charge is 0.480 e. The molecule has 0 aromatic heterocycles. The van der Waals surface area contributed by atoms with E-state index in [2.05, 4.69) is 0 Å². The molecule has 19 heavy (non-hydrogen) atoms. The molecule has 110 valence electrons. The summed E-state index contributed by atoms with van der Waals surface area (Å²) in [6.07, 6.45) is 2.79. The molecule has 5 nitrogen and oxygen atoms in total. The van der Waals surface area contributed by atoms with E-state index in [0.29, 0.717) is 18.6 Å². The fourth-order valence-electron chi connectivity index (χ4n) is 2.13. The molecule has 0 saturated carbocycles. The van der Waals surface area contributed by atoms with Crippen LogP contribution in [0.5, 0.6) is 0 Å². The van der Waals surface area contributed by atoms with E-state index in [1.807, 2.05) is 13.8 Å². The van der Waals surface area contributed by atoms with Crippen LogP contribution in [-0.4, -0.2) is 52.3 Å². The van der Waals surface area contributed by atoms with Gasteiger partial charge in [-0.1, -0.05) is 13.3 Å². The number of ether oxygens (including phenoxy) is 1. The Kier molecular flexibility index (Phi) is 6.65. The number of carbonyl (C=O) groups excluding carboxylic acids is 1. The van der Waals surface area contributed by atoms with Crippen LogP contribution < -0.4 is 0 Å². The fourth-order valence-corrected chi connectivity index (χ4v) is 3.67. The number of carboxylic acids is 1. The van der Waals surface area contributed by atoms with Gasteiger partial charge < -0.3 is 14.7 Å². The van der Waals surface area contributed by atoms with E-state index in [4.69, 9.17) is 4.74 Å². The van der Waals surface area contributed by atoms with E-state index >= 15 is 0 Å². The number of methoxy groups -OCH3 is 1. The molecular weight excluding hydrogens is 266 g/mol. The van der Waals surface area contributed by atoms with Crippen LogP contribution >= 0.6 is 11.8 Å². The molecule has 1 amide bonds. The van der Waals surface area contributed by atoms with Gasteiger partial charge in [-0.3, -0.25) is 4.79 Å². The van der Waals surface area contributed by atoms with Crippen LogP contribution in [0.25, 0.3) is 0 Å². The highest BCUT2D eigenvalue weighted by atomic mass is 32.2. The van der Waals surface area contributed by atoms with Gasteiger partial charge in [-0.25, -0.2) is 4.79 Å². The van der Waals surface area contributed by atoms with Crippen molar-refractivity contribution in [2.45, 2.75) is 57.1 Å². The quantitative estimate of drug-likeness (QED) is 0.776. The highest BCUT2D eigenvalue weighted by molar-refractivity contribution is 8.00. The number of carboxylic acid groups (broad SMARTS) is 1. The Morgan fingerprint density at radius 1 is 1.53 bits per heavy atom. The van der Waals surface area contributed by atoms with Crippen molar-refractivity contribution in [3.05, 3.63) is 0 Å². The number of carbonyl (C=O) groups is 2. The molecule has 1 N–H and O–H groups in total. The Hall–Kier alpha value is -0.750. The van der Waals surface area contributed by atoms with Crippen molar-refractivity contribution in [1.82, 2.24) is 4.90 Å². The van der Waals surface area contributed by atoms with Crippen molar-refractivity contribution >= 4 is 23.6 Å². The molecule has 0 radical (unpaired) electrons. The molecule has 6 heteroatoms. The SMILES string of the molecule is CCCC1SCC(C(=O)O)N1C(=O)CCC(C)OC. The summed E-state index contributed by atoms with van der Waals surface area (Å²) in [5, 5.41) is 9.22.